The van der Waals surface area contributed by atoms with Crippen LogP contribution in [0.15, 0.2) is 36.4 Å². The van der Waals surface area contributed by atoms with Crippen LogP contribution in [0.2, 0.25) is 0 Å². The van der Waals surface area contributed by atoms with Gasteiger partial charge in [-0.05, 0) is 56.8 Å². The summed E-state index contributed by atoms with van der Waals surface area (Å²) in [5.74, 6) is 0.712. The number of aromatic hydroxyl groups is 1. The van der Waals surface area contributed by atoms with E-state index < -0.39 is 18.1 Å². The van der Waals surface area contributed by atoms with Gasteiger partial charge < -0.3 is 29.4 Å². The Hall–Kier alpha value is -3.06. The number of rotatable bonds is 8. The molecule has 4 heterocycles. The van der Waals surface area contributed by atoms with E-state index in [0.717, 1.165) is 27.8 Å². The second kappa shape index (κ2) is 14.9. The number of alkyl halides is 1. The number of phenolic OH excluding ortho intramolecular Hbond substituents is 1. The Morgan fingerprint density at radius 1 is 1.10 bits per heavy atom. The van der Waals surface area contributed by atoms with E-state index in [1.165, 1.54) is 0 Å². The molecule has 259 valence electrons. The smallest absolute Gasteiger partial charge is 0.326 e. The minimum Gasteiger partial charge on any atom is -0.504 e. The number of hydrogen-bond acceptors (Lipinski definition) is 10. The molecule has 4 aliphatic rings. The molecule has 1 saturated heterocycles. The zero-order valence-corrected chi connectivity index (χ0v) is 34.0. The van der Waals surface area contributed by atoms with Crippen LogP contribution in [-0.2, 0) is 28.9 Å². The number of phenols is 1. The van der Waals surface area contributed by atoms with E-state index in [1.54, 1.807) is 7.11 Å². The van der Waals surface area contributed by atoms with E-state index >= 15 is 0 Å². The number of fused-ring (bicyclic) bond motifs is 9. The van der Waals surface area contributed by atoms with Gasteiger partial charge in [-0.3, -0.25) is 19.4 Å². The van der Waals surface area contributed by atoms with Crippen LogP contribution < -0.4 is 24.3 Å². The van der Waals surface area contributed by atoms with Gasteiger partial charge >= 0.3 is 5.97 Å². The van der Waals surface area contributed by atoms with Gasteiger partial charge in [-0.25, -0.2) is 0 Å². The predicted octanol–water partition coefficient (Wildman–Crippen LogP) is 4.41. The number of amides is 1. The molecular formula is C37H39AcClN4O7. The first kappa shape index (κ1) is 36.7. The summed E-state index contributed by atoms with van der Waals surface area (Å²) in [7, 11) is 3.53. The number of esters is 1. The Balaban J connectivity index is 0.00000432. The summed E-state index contributed by atoms with van der Waals surface area (Å²) in [6.45, 7) is 3.85. The number of halogens is 1. The maximum Gasteiger partial charge on any atom is 0.326 e. The first-order valence-corrected chi connectivity index (χ1v) is 17.0. The number of nitrogens with one attached hydrogen (secondary N) is 1. The van der Waals surface area contributed by atoms with Crippen molar-refractivity contribution in [2.45, 2.75) is 69.7 Å². The van der Waals surface area contributed by atoms with Crippen molar-refractivity contribution in [1.29, 1.82) is 5.26 Å². The molecule has 3 aromatic rings. The summed E-state index contributed by atoms with van der Waals surface area (Å²) in [4.78, 5) is 30.5. The fourth-order valence-corrected chi connectivity index (χ4v) is 8.56. The standard InChI is InChI=1S/C37H39ClN4O7.Ac/c1-19-12-22-13-24-26(16-39)42-25(32(41(24)3)30(22)33(45)34(19)46-4)14-23-31(27(42)17-40-28(43)11-10-21-8-6-5-7-9-21)37-36(47-18-48-37)20(2)35(23)49-29(44)15-38;/h5-9,12,24-27,32,45H,10-11,13-15,17-18H2,1-4H3,(H,40,43);/t24-,25?,26-,27-,32-;/m0./s1. The topological polar surface area (TPSA) is 134 Å². The molecule has 0 spiro atoms. The maximum absolute atomic E-state index is 13.4. The molecule has 0 saturated carbocycles. The van der Waals surface area contributed by atoms with Crippen molar-refractivity contribution < 1.29 is 77.7 Å². The van der Waals surface area contributed by atoms with Gasteiger partial charge in [0.25, 0.3) is 0 Å². The quantitative estimate of drug-likeness (QED) is 0.190. The number of ether oxygens (including phenoxy) is 4. The summed E-state index contributed by atoms with van der Waals surface area (Å²) < 4.78 is 23.6. The molecule has 1 unspecified atom stereocenters. The molecule has 3 aromatic carbocycles. The van der Waals surface area contributed by atoms with Crippen LogP contribution >= 0.6 is 11.6 Å². The van der Waals surface area contributed by atoms with Crippen molar-refractivity contribution in [2.24, 2.45) is 0 Å². The minimum atomic E-state index is -0.615. The number of hydrogen-bond donors (Lipinski definition) is 2. The second-order valence-electron chi connectivity index (χ2n) is 13.1. The van der Waals surface area contributed by atoms with Gasteiger partial charge in [-0.2, -0.15) is 5.26 Å². The van der Waals surface area contributed by atoms with E-state index in [1.807, 2.05) is 57.3 Å². The summed E-state index contributed by atoms with van der Waals surface area (Å²) >= 11 is 5.93. The molecule has 13 heteroatoms. The first-order chi connectivity index (χ1) is 23.7. The van der Waals surface area contributed by atoms with Crippen LogP contribution in [0.25, 0.3) is 0 Å². The zero-order chi connectivity index (χ0) is 34.6. The van der Waals surface area contributed by atoms with E-state index in [0.29, 0.717) is 53.4 Å². The van der Waals surface area contributed by atoms with Crippen molar-refractivity contribution in [3.8, 4) is 34.8 Å². The third-order valence-corrected chi connectivity index (χ3v) is 10.8. The molecule has 0 aromatic heterocycles. The molecule has 1 radical (unpaired) electrons. The van der Waals surface area contributed by atoms with Crippen molar-refractivity contribution in [3.63, 3.8) is 0 Å². The molecule has 2 N–H and O–H groups in total. The Morgan fingerprint density at radius 3 is 2.54 bits per heavy atom. The number of piperazine rings is 1. The number of nitrogens with zero attached hydrogens (tertiary/aromatic N) is 3. The number of methoxy groups -OCH3 is 1. The average Bonchev–Trinajstić information content (AvgIpc) is 3.59. The SMILES string of the molecule is COc1c(C)cc2c(c1O)[C@@H]1C3Cc4c(OC(=O)CCl)c(C)c5c(c4[C@H](CNC(=O)CCc4ccccc4)N3[C@@H](C#N)[C@H](C2)N1C)OCO5.[Ac]. The van der Waals surface area contributed by atoms with Crippen molar-refractivity contribution >= 4 is 23.5 Å². The second-order valence-corrected chi connectivity index (χ2v) is 13.4. The van der Waals surface area contributed by atoms with Crippen LogP contribution in [-0.4, -0.2) is 78.3 Å². The number of benzene rings is 3. The summed E-state index contributed by atoms with van der Waals surface area (Å²) in [6.07, 6.45) is 1.76. The molecule has 4 aliphatic heterocycles. The summed E-state index contributed by atoms with van der Waals surface area (Å²) in [5.41, 5.74) is 5.63. The number of carbonyl (C=O) groups excluding carboxylic acids is 2. The Labute approximate surface area is 332 Å². The van der Waals surface area contributed by atoms with Crippen molar-refractivity contribution in [2.75, 3.05) is 33.4 Å². The normalized spacial score (nSPS) is 23.0. The van der Waals surface area contributed by atoms with Gasteiger partial charge in [0.15, 0.2) is 23.0 Å². The van der Waals surface area contributed by atoms with Crippen LogP contribution in [0.4, 0.5) is 0 Å². The predicted molar refractivity (Wildman–Crippen MR) is 180 cm³/mol. The number of carbonyl (C=O) groups is 2. The van der Waals surface area contributed by atoms with Gasteiger partial charge in [-0.1, -0.05) is 36.4 Å². The van der Waals surface area contributed by atoms with E-state index in [2.05, 4.69) is 21.2 Å². The van der Waals surface area contributed by atoms with E-state index in [4.69, 9.17) is 30.5 Å². The van der Waals surface area contributed by atoms with E-state index in [-0.39, 0.29) is 99.5 Å². The monoisotopic (exact) mass is 913 g/mol. The fourth-order valence-electron chi connectivity index (χ4n) is 8.51. The largest absolute Gasteiger partial charge is 0.504 e. The van der Waals surface area contributed by atoms with Gasteiger partial charge in [0, 0.05) is 91.4 Å². The summed E-state index contributed by atoms with van der Waals surface area (Å²) in [5, 5.41) is 25.7. The molecule has 1 fully saturated rings. The van der Waals surface area contributed by atoms with Crippen LogP contribution in [0.3, 0.4) is 0 Å². The molecule has 5 atom stereocenters. The molecule has 1 amide bonds. The van der Waals surface area contributed by atoms with Crippen LogP contribution in [0.1, 0.15) is 57.4 Å². The Bertz CT molecular complexity index is 1870. The molecule has 7 rings (SSSR count). The van der Waals surface area contributed by atoms with E-state index in [9.17, 15) is 20.0 Å². The van der Waals surface area contributed by atoms with Gasteiger partial charge in [0.1, 0.15) is 17.7 Å². The molecule has 0 aliphatic carbocycles. The first-order valence-electron chi connectivity index (χ1n) is 16.5. The third kappa shape index (κ3) is 6.13. The minimum absolute atomic E-state index is 0. The van der Waals surface area contributed by atoms with Gasteiger partial charge in [-0.15, -0.1) is 11.6 Å². The Kier molecular flexibility index (Phi) is 10.9. The van der Waals surface area contributed by atoms with Gasteiger partial charge in [0.05, 0.1) is 25.3 Å². The van der Waals surface area contributed by atoms with Crippen molar-refractivity contribution in [3.05, 3.63) is 75.3 Å². The Morgan fingerprint density at radius 2 is 1.84 bits per heavy atom. The molecule has 2 bridgehead atoms. The molecular weight excluding hydrogens is 875 g/mol. The van der Waals surface area contributed by atoms with Crippen LogP contribution in [0, 0.1) is 69.2 Å². The third-order valence-electron chi connectivity index (χ3n) is 10.6. The summed E-state index contributed by atoms with van der Waals surface area (Å²) in [6, 6.07) is 12.4. The number of nitriles is 1. The fraction of sp³-hybridized carbons (Fsp3) is 0.432. The number of aryl methyl sites for hydroxylation is 2. The zero-order valence-electron chi connectivity index (χ0n) is 28.5. The van der Waals surface area contributed by atoms with Crippen molar-refractivity contribution in [1.82, 2.24) is 15.1 Å². The molecule has 50 heavy (non-hydrogen) atoms. The van der Waals surface area contributed by atoms with Crippen LogP contribution in [0.5, 0.6) is 28.7 Å². The van der Waals surface area contributed by atoms with Gasteiger partial charge in [0.2, 0.25) is 12.7 Å². The number of likely N-dealkylation sites (N-methyl/N-ethyl adjacent to an activating group) is 1. The maximum atomic E-state index is 13.4. The average molecular weight is 914 g/mol. The molecule has 11 nitrogen and oxygen atoms in total.